The van der Waals surface area contributed by atoms with Gasteiger partial charge in [0, 0.05) is 42.5 Å². The van der Waals surface area contributed by atoms with E-state index in [9.17, 15) is 4.79 Å². The van der Waals surface area contributed by atoms with E-state index in [4.69, 9.17) is 9.72 Å². The van der Waals surface area contributed by atoms with E-state index in [1.54, 1.807) is 18.3 Å². The molecule has 160 valence electrons. The molecule has 0 N–H and O–H groups in total. The lowest BCUT2D eigenvalue weighted by Gasteiger charge is -2.31. The van der Waals surface area contributed by atoms with Gasteiger partial charge in [-0.3, -0.25) is 14.6 Å². The summed E-state index contributed by atoms with van der Waals surface area (Å²) in [6.07, 6.45) is 6.90. The van der Waals surface area contributed by atoms with Crippen LogP contribution in [0.5, 0.6) is 5.75 Å². The predicted molar refractivity (Wildman–Crippen MR) is 120 cm³/mol. The highest BCUT2D eigenvalue weighted by Crippen LogP contribution is 2.43. The van der Waals surface area contributed by atoms with Crippen LogP contribution in [0.25, 0.3) is 0 Å². The van der Waals surface area contributed by atoms with Crippen molar-refractivity contribution in [1.82, 2.24) is 9.88 Å². The molecule has 0 radical (unpaired) electrons. The second kappa shape index (κ2) is 7.97. The molecule has 1 aromatic heterocycles. The lowest BCUT2D eigenvalue weighted by atomic mass is 9.96. The molecule has 0 saturated heterocycles. The number of thiazole rings is 1. The van der Waals surface area contributed by atoms with Crippen LogP contribution in [0, 0.1) is 13.8 Å². The van der Waals surface area contributed by atoms with Crippen LogP contribution >= 0.6 is 11.3 Å². The molecular formula is C24H31N3O2S. The van der Waals surface area contributed by atoms with Gasteiger partial charge in [-0.2, -0.15) is 0 Å². The zero-order valence-corrected chi connectivity index (χ0v) is 19.0. The average molecular weight is 426 g/mol. The molecule has 2 fully saturated rings. The average Bonchev–Trinajstić information content (AvgIpc) is 3.61. The van der Waals surface area contributed by atoms with Crippen molar-refractivity contribution in [1.29, 1.82) is 0 Å². The maximum atomic E-state index is 12.1. The van der Waals surface area contributed by atoms with Crippen molar-refractivity contribution < 1.29 is 9.53 Å². The van der Waals surface area contributed by atoms with E-state index < -0.39 is 0 Å². The molecule has 1 aliphatic heterocycles. The Balaban J connectivity index is 1.42. The highest BCUT2D eigenvalue weighted by Gasteiger charge is 2.38. The first kappa shape index (κ1) is 20.0. The lowest BCUT2D eigenvalue weighted by molar-refractivity contribution is -0.116. The van der Waals surface area contributed by atoms with Crippen LogP contribution in [0.4, 0.5) is 5.13 Å². The van der Waals surface area contributed by atoms with Gasteiger partial charge in [0.25, 0.3) is 0 Å². The Morgan fingerprint density at radius 3 is 2.57 bits per heavy atom. The van der Waals surface area contributed by atoms with Gasteiger partial charge in [0.05, 0.1) is 12.3 Å². The fraction of sp³-hybridized carbons (Fsp3) is 0.583. The summed E-state index contributed by atoms with van der Waals surface area (Å²) < 4.78 is 6.13. The number of amides is 1. The predicted octanol–water partition coefficient (Wildman–Crippen LogP) is 5.15. The number of hydrogen-bond acceptors (Lipinski definition) is 5. The highest BCUT2D eigenvalue weighted by atomic mass is 32.1. The van der Waals surface area contributed by atoms with Gasteiger partial charge >= 0.3 is 0 Å². The fourth-order valence-electron chi connectivity index (χ4n) is 4.60. The first-order valence-corrected chi connectivity index (χ1v) is 12.1. The molecule has 3 aliphatic rings. The summed E-state index contributed by atoms with van der Waals surface area (Å²) in [5.74, 6) is 1.17. The summed E-state index contributed by atoms with van der Waals surface area (Å²) in [5.41, 5.74) is 5.05. The molecule has 1 aromatic carbocycles. The molecule has 5 nitrogen and oxygen atoms in total. The number of aryl methyl sites for hydroxylation is 2. The maximum Gasteiger partial charge on any atom is 0.225 e. The summed E-state index contributed by atoms with van der Waals surface area (Å²) in [7, 11) is 0. The van der Waals surface area contributed by atoms with Crippen molar-refractivity contribution in [2.45, 2.75) is 84.0 Å². The number of nitrogens with zero attached hydrogens (tertiary/aromatic N) is 3. The van der Waals surface area contributed by atoms with E-state index in [1.165, 1.54) is 29.5 Å². The van der Waals surface area contributed by atoms with Crippen molar-refractivity contribution in [3.05, 3.63) is 39.9 Å². The van der Waals surface area contributed by atoms with Crippen LogP contribution in [0.1, 0.15) is 73.9 Å². The molecule has 0 unspecified atom stereocenters. The summed E-state index contributed by atoms with van der Waals surface area (Å²) in [6, 6.07) is 5.91. The summed E-state index contributed by atoms with van der Waals surface area (Å²) in [4.78, 5) is 21.6. The van der Waals surface area contributed by atoms with Gasteiger partial charge in [-0.25, -0.2) is 4.98 Å². The molecule has 1 amide bonds. The minimum atomic E-state index is 0.109. The third-order valence-corrected chi connectivity index (χ3v) is 7.51. The quantitative estimate of drug-likeness (QED) is 0.642. The third kappa shape index (κ3) is 4.00. The van der Waals surface area contributed by atoms with Crippen LogP contribution in [-0.2, 0) is 11.3 Å². The van der Waals surface area contributed by atoms with Crippen LogP contribution in [-0.4, -0.2) is 34.5 Å². The Kier molecular flexibility index (Phi) is 5.31. The van der Waals surface area contributed by atoms with Gasteiger partial charge in [-0.15, -0.1) is 11.3 Å². The summed E-state index contributed by atoms with van der Waals surface area (Å²) in [5, 5.41) is 3.02. The zero-order valence-electron chi connectivity index (χ0n) is 18.2. The minimum Gasteiger partial charge on any atom is -0.493 e. The van der Waals surface area contributed by atoms with Gasteiger partial charge in [0.2, 0.25) is 5.91 Å². The Labute approximate surface area is 183 Å². The monoisotopic (exact) mass is 425 g/mol. The number of fused-ring (bicyclic) bond motifs is 1. The first-order valence-electron chi connectivity index (χ1n) is 11.2. The summed E-state index contributed by atoms with van der Waals surface area (Å²) in [6.45, 7) is 7.65. The molecule has 2 aromatic rings. The highest BCUT2D eigenvalue weighted by molar-refractivity contribution is 7.14. The minimum absolute atomic E-state index is 0.109. The molecule has 2 heterocycles. The van der Waals surface area contributed by atoms with E-state index >= 15 is 0 Å². The van der Waals surface area contributed by atoms with Crippen molar-refractivity contribution in [3.63, 3.8) is 0 Å². The van der Waals surface area contributed by atoms with Crippen molar-refractivity contribution in [3.8, 4) is 5.75 Å². The largest absolute Gasteiger partial charge is 0.493 e. The van der Waals surface area contributed by atoms with Crippen LogP contribution in [0.3, 0.4) is 0 Å². The van der Waals surface area contributed by atoms with E-state index in [-0.39, 0.29) is 5.91 Å². The van der Waals surface area contributed by atoms with Crippen molar-refractivity contribution in [2.75, 3.05) is 11.5 Å². The van der Waals surface area contributed by atoms with E-state index in [1.807, 2.05) is 4.90 Å². The molecule has 5 rings (SSSR count). The molecular weight excluding hydrogens is 394 g/mol. The number of benzene rings is 1. The normalized spacial score (nSPS) is 21.1. The number of ether oxygens (including phenoxy) is 1. The number of rotatable bonds is 6. The molecule has 30 heavy (non-hydrogen) atoms. The Hall–Kier alpha value is -1.92. The smallest absolute Gasteiger partial charge is 0.225 e. The van der Waals surface area contributed by atoms with Crippen LogP contribution in [0.2, 0.25) is 0 Å². The van der Waals surface area contributed by atoms with Gasteiger partial charge in [0.15, 0.2) is 5.13 Å². The van der Waals surface area contributed by atoms with E-state index in [2.05, 4.69) is 36.3 Å². The molecule has 6 heteroatoms. The van der Waals surface area contributed by atoms with E-state index in [0.717, 1.165) is 55.4 Å². The van der Waals surface area contributed by atoms with Crippen LogP contribution < -0.4 is 9.64 Å². The Morgan fingerprint density at radius 1 is 1.13 bits per heavy atom. The number of carbonyl (C=O) groups is 1. The lowest BCUT2D eigenvalue weighted by Crippen LogP contribution is -2.32. The molecule has 2 saturated carbocycles. The Morgan fingerprint density at radius 2 is 1.87 bits per heavy atom. The number of carbonyl (C=O) groups excluding carboxylic acids is 1. The van der Waals surface area contributed by atoms with E-state index in [0.29, 0.717) is 18.1 Å². The second-order valence-electron chi connectivity index (χ2n) is 9.13. The number of hydrogen-bond donors (Lipinski definition) is 0. The van der Waals surface area contributed by atoms with Gasteiger partial charge in [0.1, 0.15) is 5.75 Å². The van der Waals surface area contributed by atoms with Crippen molar-refractivity contribution in [2.24, 2.45) is 0 Å². The second-order valence-corrected chi connectivity index (χ2v) is 9.96. The van der Waals surface area contributed by atoms with Gasteiger partial charge in [-0.05, 0) is 69.6 Å². The molecule has 0 bridgehead atoms. The van der Waals surface area contributed by atoms with Gasteiger partial charge in [-0.1, -0.05) is 6.07 Å². The zero-order chi connectivity index (χ0) is 20.8. The summed E-state index contributed by atoms with van der Waals surface area (Å²) >= 11 is 1.61. The maximum absolute atomic E-state index is 12.1. The molecule has 1 atom stereocenters. The van der Waals surface area contributed by atoms with Gasteiger partial charge < -0.3 is 4.74 Å². The fourth-order valence-corrected chi connectivity index (χ4v) is 5.53. The van der Waals surface area contributed by atoms with Crippen molar-refractivity contribution >= 4 is 22.4 Å². The number of aromatic nitrogens is 1. The SMILES string of the molecule is CC(=O)N(c1nc(CN(C2CC2)[C@H]2CCCOc3cc(C)c(C)cc32)cs1)C1CC1. The number of anilines is 1. The third-order valence-electron chi connectivity index (χ3n) is 6.62. The molecule has 0 spiro atoms. The standard InChI is InChI=1S/C24H31N3O2S/c1-15-11-21-22(5-4-10-29-23(21)12-16(15)2)26(19-6-7-19)13-18-14-30-24(25-18)27(17(3)28)20-8-9-20/h11-12,14,19-20,22H,4-10,13H2,1-3H3/t22-/m0/s1. The first-order chi connectivity index (χ1) is 14.5. The molecule has 2 aliphatic carbocycles. The Bertz CT molecular complexity index is 948. The van der Waals surface area contributed by atoms with Crippen LogP contribution in [0.15, 0.2) is 17.5 Å². The topological polar surface area (TPSA) is 45.7 Å².